The van der Waals surface area contributed by atoms with E-state index in [0.717, 1.165) is 31.6 Å². The first-order chi connectivity index (χ1) is 10.7. The highest BCUT2D eigenvalue weighted by Gasteiger charge is 2.18. The second kappa shape index (κ2) is 7.38. The van der Waals surface area contributed by atoms with E-state index in [0.29, 0.717) is 5.56 Å². The molecule has 4 nitrogen and oxygen atoms in total. The van der Waals surface area contributed by atoms with Crippen molar-refractivity contribution >= 4 is 29.8 Å². The second-order valence-corrected chi connectivity index (χ2v) is 5.56. The van der Waals surface area contributed by atoms with Crippen molar-refractivity contribution in [1.82, 2.24) is 0 Å². The molecule has 122 valence electrons. The minimum atomic E-state index is -0.303. The number of rotatable bonds is 3. The van der Waals surface area contributed by atoms with Crippen molar-refractivity contribution < 1.29 is 9.53 Å². The van der Waals surface area contributed by atoms with Crippen molar-refractivity contribution in [2.45, 2.75) is 19.4 Å². The Hall–Kier alpha value is -2.20. The summed E-state index contributed by atoms with van der Waals surface area (Å²) in [7, 11) is 1.39. The fraction of sp³-hybridized carbons (Fsp3) is 0.278. The van der Waals surface area contributed by atoms with E-state index < -0.39 is 0 Å². The molecule has 1 aliphatic rings. The molecule has 0 atom stereocenters. The van der Waals surface area contributed by atoms with Crippen LogP contribution >= 0.6 is 12.4 Å². The molecule has 0 radical (unpaired) electrons. The van der Waals surface area contributed by atoms with E-state index in [4.69, 9.17) is 10.5 Å². The fourth-order valence-corrected chi connectivity index (χ4v) is 2.98. The Morgan fingerprint density at radius 2 is 1.96 bits per heavy atom. The van der Waals surface area contributed by atoms with Gasteiger partial charge in [0, 0.05) is 24.5 Å². The van der Waals surface area contributed by atoms with Crippen LogP contribution in [0, 0.1) is 0 Å². The Balaban J connectivity index is 0.00000192. The predicted octanol–water partition coefficient (Wildman–Crippen LogP) is 3.43. The van der Waals surface area contributed by atoms with Gasteiger partial charge in [-0.05, 0) is 48.2 Å². The van der Waals surface area contributed by atoms with Gasteiger partial charge >= 0.3 is 5.97 Å². The lowest BCUT2D eigenvalue weighted by Crippen LogP contribution is -2.29. The van der Waals surface area contributed by atoms with Crippen LogP contribution in [0.4, 0.5) is 11.4 Å². The van der Waals surface area contributed by atoms with Gasteiger partial charge in [0.1, 0.15) is 0 Å². The Kier molecular flexibility index (Phi) is 5.50. The molecule has 2 aromatic carbocycles. The molecule has 0 amide bonds. The number of anilines is 2. The molecule has 2 aromatic rings. The molecule has 0 aliphatic carbocycles. The van der Waals surface area contributed by atoms with Gasteiger partial charge in [0.25, 0.3) is 0 Å². The molecule has 1 heterocycles. The van der Waals surface area contributed by atoms with E-state index in [-0.39, 0.29) is 18.4 Å². The Morgan fingerprint density at radius 1 is 1.22 bits per heavy atom. The number of hydrogen-bond acceptors (Lipinski definition) is 4. The van der Waals surface area contributed by atoms with Crippen molar-refractivity contribution in [1.29, 1.82) is 0 Å². The predicted molar refractivity (Wildman–Crippen MR) is 95.3 cm³/mol. The Morgan fingerprint density at radius 3 is 2.65 bits per heavy atom. The smallest absolute Gasteiger partial charge is 0.337 e. The van der Waals surface area contributed by atoms with Gasteiger partial charge in [-0.3, -0.25) is 0 Å². The van der Waals surface area contributed by atoms with Crippen LogP contribution in [-0.4, -0.2) is 19.6 Å². The third kappa shape index (κ3) is 3.59. The molecule has 0 saturated carbocycles. The van der Waals surface area contributed by atoms with E-state index in [1.165, 1.54) is 23.9 Å². The van der Waals surface area contributed by atoms with E-state index in [1.807, 2.05) is 36.4 Å². The zero-order valence-corrected chi connectivity index (χ0v) is 13.9. The number of methoxy groups -OCH3 is 1. The van der Waals surface area contributed by atoms with Crippen LogP contribution in [-0.2, 0) is 17.7 Å². The summed E-state index contributed by atoms with van der Waals surface area (Å²) in [5, 5.41) is 0. The summed E-state index contributed by atoms with van der Waals surface area (Å²) in [6.07, 6.45) is 2.15. The number of nitrogens with zero attached hydrogens (tertiary/aromatic N) is 1. The average Bonchev–Trinajstić information content (AvgIpc) is 2.56. The van der Waals surface area contributed by atoms with Crippen LogP contribution < -0.4 is 10.6 Å². The summed E-state index contributed by atoms with van der Waals surface area (Å²) in [5.41, 5.74) is 11.2. The first kappa shape index (κ1) is 17.2. The Bertz CT molecular complexity index is 686. The maximum Gasteiger partial charge on any atom is 0.337 e. The van der Waals surface area contributed by atoms with Gasteiger partial charge in [-0.2, -0.15) is 0 Å². The topological polar surface area (TPSA) is 55.6 Å². The van der Waals surface area contributed by atoms with Crippen molar-refractivity contribution in [2.75, 3.05) is 24.3 Å². The normalized spacial score (nSPS) is 13.0. The van der Waals surface area contributed by atoms with Gasteiger partial charge < -0.3 is 15.4 Å². The molecule has 0 aromatic heterocycles. The molecular weight excluding hydrogens is 312 g/mol. The molecule has 0 saturated heterocycles. The number of hydrogen-bond donors (Lipinski definition) is 1. The molecule has 0 bridgehead atoms. The van der Waals surface area contributed by atoms with Crippen LogP contribution in [0.15, 0.2) is 42.5 Å². The van der Waals surface area contributed by atoms with Crippen molar-refractivity contribution in [2.24, 2.45) is 0 Å². The third-order valence-electron chi connectivity index (χ3n) is 4.13. The molecule has 5 heteroatoms. The van der Waals surface area contributed by atoms with Gasteiger partial charge in [-0.1, -0.05) is 18.2 Å². The standard InChI is InChI=1S/C18H20N2O2.ClH/c1-22-18(21)14-9-7-13(8-10-14)12-20-11-3-4-15-16(19)5-2-6-17(15)20;/h2,5-10H,3-4,11-12,19H2,1H3;1H. The highest BCUT2D eigenvalue weighted by atomic mass is 35.5. The molecule has 3 rings (SSSR count). The molecule has 0 fully saturated rings. The molecular formula is C18H21ClN2O2. The van der Waals surface area contributed by atoms with Gasteiger partial charge in [0.05, 0.1) is 12.7 Å². The quantitative estimate of drug-likeness (QED) is 0.691. The zero-order chi connectivity index (χ0) is 15.5. The van der Waals surface area contributed by atoms with Crippen molar-refractivity contribution in [3.05, 3.63) is 59.2 Å². The van der Waals surface area contributed by atoms with Crippen LogP contribution in [0.5, 0.6) is 0 Å². The van der Waals surface area contributed by atoms with Crippen LogP contribution in [0.25, 0.3) is 0 Å². The van der Waals surface area contributed by atoms with Crippen LogP contribution in [0.2, 0.25) is 0 Å². The first-order valence-corrected chi connectivity index (χ1v) is 7.48. The number of ether oxygens (including phenoxy) is 1. The van der Waals surface area contributed by atoms with Crippen molar-refractivity contribution in [3.8, 4) is 0 Å². The van der Waals surface area contributed by atoms with Crippen molar-refractivity contribution in [3.63, 3.8) is 0 Å². The highest BCUT2D eigenvalue weighted by molar-refractivity contribution is 5.89. The number of carbonyl (C=O) groups is 1. The van der Waals surface area contributed by atoms with E-state index in [9.17, 15) is 4.79 Å². The number of benzene rings is 2. The maximum atomic E-state index is 11.5. The number of nitrogen functional groups attached to an aromatic ring is 1. The number of esters is 1. The largest absolute Gasteiger partial charge is 0.465 e. The van der Waals surface area contributed by atoms with Crippen LogP contribution in [0.3, 0.4) is 0 Å². The Labute approximate surface area is 142 Å². The molecule has 2 N–H and O–H groups in total. The molecule has 0 spiro atoms. The van der Waals surface area contributed by atoms with Gasteiger partial charge in [0.2, 0.25) is 0 Å². The van der Waals surface area contributed by atoms with E-state index in [1.54, 1.807) is 0 Å². The minimum Gasteiger partial charge on any atom is -0.465 e. The number of nitrogens with two attached hydrogens (primary N) is 1. The molecule has 1 aliphatic heterocycles. The summed E-state index contributed by atoms with van der Waals surface area (Å²) in [5.74, 6) is -0.303. The van der Waals surface area contributed by atoms with Gasteiger partial charge in [0.15, 0.2) is 0 Å². The lowest BCUT2D eigenvalue weighted by Gasteiger charge is -2.32. The lowest BCUT2D eigenvalue weighted by atomic mass is 9.99. The summed E-state index contributed by atoms with van der Waals surface area (Å²) in [4.78, 5) is 13.8. The maximum absolute atomic E-state index is 11.5. The number of carbonyl (C=O) groups excluding carboxylic acids is 1. The second-order valence-electron chi connectivity index (χ2n) is 5.56. The monoisotopic (exact) mass is 332 g/mol. The number of halogens is 1. The molecule has 23 heavy (non-hydrogen) atoms. The lowest BCUT2D eigenvalue weighted by molar-refractivity contribution is 0.0600. The highest BCUT2D eigenvalue weighted by Crippen LogP contribution is 2.32. The molecule has 0 unspecified atom stereocenters. The van der Waals surface area contributed by atoms with E-state index in [2.05, 4.69) is 11.0 Å². The first-order valence-electron chi connectivity index (χ1n) is 7.48. The van der Waals surface area contributed by atoms with Gasteiger partial charge in [-0.25, -0.2) is 4.79 Å². The summed E-state index contributed by atoms with van der Waals surface area (Å²) in [6, 6.07) is 13.7. The summed E-state index contributed by atoms with van der Waals surface area (Å²) >= 11 is 0. The average molecular weight is 333 g/mol. The van der Waals surface area contributed by atoms with E-state index >= 15 is 0 Å². The summed E-state index contributed by atoms with van der Waals surface area (Å²) < 4.78 is 4.72. The third-order valence-corrected chi connectivity index (χ3v) is 4.13. The SMILES string of the molecule is COC(=O)c1ccc(CN2CCCc3c(N)cccc32)cc1.Cl. The fourth-order valence-electron chi connectivity index (χ4n) is 2.98. The van der Waals surface area contributed by atoms with Crippen LogP contribution in [0.1, 0.15) is 27.9 Å². The number of fused-ring (bicyclic) bond motifs is 1. The zero-order valence-electron chi connectivity index (χ0n) is 13.1. The van der Waals surface area contributed by atoms with Gasteiger partial charge in [-0.15, -0.1) is 12.4 Å². The summed E-state index contributed by atoms with van der Waals surface area (Å²) in [6.45, 7) is 1.84. The minimum absolute atomic E-state index is 0.